The van der Waals surface area contributed by atoms with Crippen molar-refractivity contribution in [2.75, 3.05) is 20.1 Å². The van der Waals surface area contributed by atoms with Crippen LogP contribution in [0.4, 0.5) is 0 Å². The number of piperidine rings is 1. The SMILES string of the molecule is CN(Cc1ccc(Cl)c(Cl)c1)S(=O)(=O)N1CCCCC1. The molecule has 2 rings (SSSR count). The van der Waals surface area contributed by atoms with Crippen molar-refractivity contribution >= 4 is 33.4 Å². The van der Waals surface area contributed by atoms with Crippen LogP contribution in [0.15, 0.2) is 18.2 Å². The van der Waals surface area contributed by atoms with E-state index >= 15 is 0 Å². The normalized spacial score (nSPS) is 17.6. The third-order valence-corrected chi connectivity index (χ3v) is 6.10. The summed E-state index contributed by atoms with van der Waals surface area (Å²) in [7, 11) is -1.80. The molecule has 1 fully saturated rings. The minimum absolute atomic E-state index is 0.287. The van der Waals surface area contributed by atoms with Gasteiger partial charge in [0.25, 0.3) is 10.2 Å². The van der Waals surface area contributed by atoms with E-state index < -0.39 is 10.2 Å². The average molecular weight is 337 g/mol. The molecule has 0 N–H and O–H groups in total. The summed E-state index contributed by atoms with van der Waals surface area (Å²) in [6.07, 6.45) is 2.96. The lowest BCUT2D eigenvalue weighted by molar-refractivity contribution is 0.314. The summed E-state index contributed by atoms with van der Waals surface area (Å²) in [5.41, 5.74) is 0.822. The zero-order valence-corrected chi connectivity index (χ0v) is 13.7. The fourth-order valence-corrected chi connectivity index (χ4v) is 4.02. The zero-order chi connectivity index (χ0) is 14.8. The van der Waals surface area contributed by atoms with Crippen molar-refractivity contribution < 1.29 is 8.42 Å². The van der Waals surface area contributed by atoms with Gasteiger partial charge < -0.3 is 0 Å². The molecule has 1 heterocycles. The second-order valence-electron chi connectivity index (χ2n) is 4.97. The van der Waals surface area contributed by atoms with E-state index in [4.69, 9.17) is 23.2 Å². The first-order chi connectivity index (χ1) is 9.41. The van der Waals surface area contributed by atoms with Gasteiger partial charge in [-0.25, -0.2) is 0 Å². The summed E-state index contributed by atoms with van der Waals surface area (Å²) in [4.78, 5) is 0. The van der Waals surface area contributed by atoms with Gasteiger partial charge in [0.1, 0.15) is 0 Å². The average Bonchev–Trinajstić information content (AvgIpc) is 2.44. The first-order valence-electron chi connectivity index (χ1n) is 6.56. The van der Waals surface area contributed by atoms with Crippen LogP contribution >= 0.6 is 23.2 Å². The predicted molar refractivity (Wildman–Crippen MR) is 82.3 cm³/mol. The van der Waals surface area contributed by atoms with Crippen LogP contribution in [0.25, 0.3) is 0 Å². The summed E-state index contributed by atoms with van der Waals surface area (Å²) >= 11 is 11.8. The number of hydrogen-bond donors (Lipinski definition) is 0. The lowest BCUT2D eigenvalue weighted by atomic mass is 10.2. The molecule has 1 aromatic rings. The van der Waals surface area contributed by atoms with Crippen LogP contribution < -0.4 is 0 Å². The van der Waals surface area contributed by atoms with E-state index in [-0.39, 0.29) is 6.54 Å². The monoisotopic (exact) mass is 336 g/mol. The number of rotatable bonds is 4. The molecule has 0 aliphatic carbocycles. The first kappa shape index (κ1) is 16.0. The van der Waals surface area contributed by atoms with Gasteiger partial charge in [0.15, 0.2) is 0 Å². The molecule has 4 nitrogen and oxygen atoms in total. The Balaban J connectivity index is 2.09. The smallest absolute Gasteiger partial charge is 0.195 e. The molecule has 0 atom stereocenters. The van der Waals surface area contributed by atoms with Crippen molar-refractivity contribution in [3.63, 3.8) is 0 Å². The van der Waals surface area contributed by atoms with Crippen LogP contribution in [0.3, 0.4) is 0 Å². The van der Waals surface area contributed by atoms with E-state index in [9.17, 15) is 8.42 Å². The highest BCUT2D eigenvalue weighted by atomic mass is 35.5. The maximum absolute atomic E-state index is 12.4. The Kier molecular flexibility index (Phi) is 5.31. The predicted octanol–water partition coefficient (Wildman–Crippen LogP) is 3.16. The zero-order valence-electron chi connectivity index (χ0n) is 11.3. The molecule has 0 aromatic heterocycles. The largest absolute Gasteiger partial charge is 0.282 e. The Bertz CT molecular complexity index is 572. The highest BCUT2D eigenvalue weighted by Gasteiger charge is 2.28. The minimum Gasteiger partial charge on any atom is -0.195 e. The maximum Gasteiger partial charge on any atom is 0.282 e. The van der Waals surface area contributed by atoms with Crippen molar-refractivity contribution in [1.29, 1.82) is 0 Å². The van der Waals surface area contributed by atoms with Crippen molar-refractivity contribution in [2.24, 2.45) is 0 Å². The number of benzene rings is 1. The van der Waals surface area contributed by atoms with E-state index in [0.29, 0.717) is 23.1 Å². The Hall–Kier alpha value is -0.330. The van der Waals surface area contributed by atoms with Crippen molar-refractivity contribution in [2.45, 2.75) is 25.8 Å². The standard InChI is InChI=1S/C13H18Cl2N2O2S/c1-16(10-11-5-6-12(14)13(15)9-11)20(18,19)17-7-3-2-4-8-17/h5-6,9H,2-4,7-8,10H2,1H3. The van der Waals surface area contributed by atoms with Crippen LogP contribution in [0.5, 0.6) is 0 Å². The third kappa shape index (κ3) is 3.65. The van der Waals surface area contributed by atoms with Gasteiger partial charge >= 0.3 is 0 Å². The number of hydrogen-bond acceptors (Lipinski definition) is 2. The van der Waals surface area contributed by atoms with E-state index in [1.54, 1.807) is 29.6 Å². The molecule has 0 saturated carbocycles. The summed E-state index contributed by atoms with van der Waals surface area (Å²) in [5, 5.41) is 0.907. The van der Waals surface area contributed by atoms with E-state index in [1.165, 1.54) is 4.31 Å². The van der Waals surface area contributed by atoms with Crippen LogP contribution in [0.2, 0.25) is 10.0 Å². The second-order valence-corrected chi connectivity index (χ2v) is 7.82. The van der Waals surface area contributed by atoms with E-state index in [0.717, 1.165) is 24.8 Å². The van der Waals surface area contributed by atoms with Gasteiger partial charge in [-0.3, -0.25) is 0 Å². The molecule has 1 aromatic carbocycles. The maximum atomic E-state index is 12.4. The van der Waals surface area contributed by atoms with Crippen LogP contribution in [-0.4, -0.2) is 37.2 Å². The molecule has 112 valence electrons. The van der Waals surface area contributed by atoms with Crippen molar-refractivity contribution in [3.05, 3.63) is 33.8 Å². The molecule has 20 heavy (non-hydrogen) atoms. The molecule has 7 heteroatoms. The Labute approximate surface area is 130 Å². The molecule has 1 aliphatic heterocycles. The lowest BCUT2D eigenvalue weighted by Crippen LogP contribution is -2.44. The molecule has 0 radical (unpaired) electrons. The highest BCUT2D eigenvalue weighted by Crippen LogP contribution is 2.24. The van der Waals surface area contributed by atoms with Gasteiger partial charge in [-0.1, -0.05) is 35.7 Å². The minimum atomic E-state index is -3.39. The van der Waals surface area contributed by atoms with Gasteiger partial charge in [-0.2, -0.15) is 17.0 Å². The molecule has 0 unspecified atom stereocenters. The van der Waals surface area contributed by atoms with Crippen LogP contribution in [0, 0.1) is 0 Å². The Morgan fingerprint density at radius 3 is 2.40 bits per heavy atom. The second kappa shape index (κ2) is 6.62. The van der Waals surface area contributed by atoms with Gasteiger partial charge in [0.05, 0.1) is 10.0 Å². The molecule has 1 saturated heterocycles. The molecule has 1 aliphatic rings. The molecule has 0 amide bonds. The fourth-order valence-electron chi connectivity index (χ4n) is 2.27. The number of halogens is 2. The third-order valence-electron chi connectivity index (χ3n) is 3.42. The molecular weight excluding hydrogens is 319 g/mol. The number of nitrogens with zero attached hydrogens (tertiary/aromatic N) is 2. The summed E-state index contributed by atoms with van der Waals surface area (Å²) in [6, 6.07) is 5.17. The van der Waals surface area contributed by atoms with Crippen molar-refractivity contribution in [3.8, 4) is 0 Å². The first-order valence-corrected chi connectivity index (χ1v) is 8.72. The van der Waals surface area contributed by atoms with Gasteiger partial charge in [0.2, 0.25) is 0 Å². The highest BCUT2D eigenvalue weighted by molar-refractivity contribution is 7.86. The molecule has 0 bridgehead atoms. The van der Waals surface area contributed by atoms with Crippen LogP contribution in [-0.2, 0) is 16.8 Å². The van der Waals surface area contributed by atoms with Crippen LogP contribution in [0.1, 0.15) is 24.8 Å². The van der Waals surface area contributed by atoms with Gasteiger partial charge in [-0.15, -0.1) is 0 Å². The van der Waals surface area contributed by atoms with E-state index in [2.05, 4.69) is 0 Å². The van der Waals surface area contributed by atoms with Gasteiger partial charge in [-0.05, 0) is 30.5 Å². The Morgan fingerprint density at radius 1 is 1.15 bits per heavy atom. The fraction of sp³-hybridized carbons (Fsp3) is 0.538. The molecule has 0 spiro atoms. The summed E-state index contributed by atoms with van der Waals surface area (Å²) in [5.74, 6) is 0. The lowest BCUT2D eigenvalue weighted by Gasteiger charge is -2.30. The van der Waals surface area contributed by atoms with E-state index in [1.807, 2.05) is 0 Å². The topological polar surface area (TPSA) is 40.6 Å². The van der Waals surface area contributed by atoms with Gasteiger partial charge in [0, 0.05) is 26.7 Å². The summed E-state index contributed by atoms with van der Waals surface area (Å²) < 4.78 is 27.8. The Morgan fingerprint density at radius 2 is 1.80 bits per heavy atom. The quantitative estimate of drug-likeness (QED) is 0.847. The summed E-state index contributed by atoms with van der Waals surface area (Å²) in [6.45, 7) is 1.50. The van der Waals surface area contributed by atoms with Crippen molar-refractivity contribution in [1.82, 2.24) is 8.61 Å². The molecular formula is C13H18Cl2N2O2S.